The Kier molecular flexibility index (Phi) is 4.64. The fraction of sp³-hybridized carbons (Fsp3) is 0.381. The Morgan fingerprint density at radius 1 is 1.18 bits per heavy atom. The van der Waals surface area contributed by atoms with E-state index in [9.17, 15) is 14.7 Å². The maximum atomic E-state index is 13.0. The van der Waals surface area contributed by atoms with Crippen molar-refractivity contribution in [2.45, 2.75) is 45.6 Å². The Balaban J connectivity index is 1.99. The zero-order valence-electron chi connectivity index (χ0n) is 16.0. The zero-order chi connectivity index (χ0) is 19.9. The Hall–Kier alpha value is -2.77. The van der Waals surface area contributed by atoms with E-state index in [1.807, 2.05) is 44.2 Å². The molecule has 146 valence electrons. The van der Waals surface area contributed by atoms with Crippen molar-refractivity contribution in [2.24, 2.45) is 0 Å². The maximum Gasteiger partial charge on any atom is 0.333 e. The number of aliphatic hydroxyl groups excluding tert-OH is 1. The maximum absolute atomic E-state index is 13.0. The lowest BCUT2D eigenvalue weighted by atomic mass is 9.95. The summed E-state index contributed by atoms with van der Waals surface area (Å²) in [7, 11) is 0. The summed E-state index contributed by atoms with van der Waals surface area (Å²) in [4.78, 5) is 30.7. The lowest BCUT2D eigenvalue weighted by Crippen LogP contribution is -2.42. The highest BCUT2D eigenvalue weighted by molar-refractivity contribution is 5.75. The largest absolute Gasteiger partial charge is 0.395 e. The van der Waals surface area contributed by atoms with E-state index >= 15 is 0 Å². The molecule has 0 amide bonds. The smallest absolute Gasteiger partial charge is 0.333 e. The summed E-state index contributed by atoms with van der Waals surface area (Å²) in [6, 6.07) is 11.4. The molecule has 1 aromatic carbocycles. The van der Waals surface area contributed by atoms with E-state index in [2.05, 4.69) is 0 Å². The number of aliphatic hydroxyl groups is 1. The molecule has 0 fully saturated rings. The topological polar surface area (TPSA) is 86.3 Å². The molecule has 3 heterocycles. The van der Waals surface area contributed by atoms with Gasteiger partial charge < -0.3 is 9.84 Å². The molecule has 1 aliphatic heterocycles. The molecule has 0 saturated carbocycles. The number of ether oxygens (including phenoxy) is 1. The predicted molar refractivity (Wildman–Crippen MR) is 105 cm³/mol. The quantitative estimate of drug-likeness (QED) is 0.739. The van der Waals surface area contributed by atoms with Gasteiger partial charge in [0, 0.05) is 12.0 Å². The molecule has 1 N–H and O–H groups in total. The molecule has 0 bridgehead atoms. The van der Waals surface area contributed by atoms with Crippen LogP contribution in [0.15, 0.2) is 46.0 Å². The molecule has 28 heavy (non-hydrogen) atoms. The Morgan fingerprint density at radius 2 is 1.93 bits per heavy atom. The average Bonchev–Trinajstić information content (AvgIpc) is 2.67. The van der Waals surface area contributed by atoms with Gasteiger partial charge in [-0.3, -0.25) is 13.9 Å². The van der Waals surface area contributed by atoms with Crippen molar-refractivity contribution >= 4 is 11.0 Å². The number of fused-ring (bicyclic) bond motifs is 2. The molecule has 0 radical (unpaired) electrons. The van der Waals surface area contributed by atoms with Gasteiger partial charge in [-0.25, -0.2) is 9.78 Å². The first-order valence-electron chi connectivity index (χ1n) is 9.34. The summed E-state index contributed by atoms with van der Waals surface area (Å²) in [5, 5.41) is 9.69. The van der Waals surface area contributed by atoms with Crippen LogP contribution in [0, 0.1) is 0 Å². The fourth-order valence-electron chi connectivity index (χ4n) is 3.62. The van der Waals surface area contributed by atoms with E-state index < -0.39 is 11.2 Å². The molecular formula is C21H23N3O4. The van der Waals surface area contributed by atoms with Crippen LogP contribution in [0.5, 0.6) is 0 Å². The fourth-order valence-corrected chi connectivity index (χ4v) is 3.62. The summed E-state index contributed by atoms with van der Waals surface area (Å²) < 4.78 is 8.45. The number of benzene rings is 1. The zero-order valence-corrected chi connectivity index (χ0v) is 16.0. The Morgan fingerprint density at radius 3 is 2.64 bits per heavy atom. The lowest BCUT2D eigenvalue weighted by Gasteiger charge is -2.31. The van der Waals surface area contributed by atoms with Crippen LogP contribution < -0.4 is 11.2 Å². The van der Waals surface area contributed by atoms with E-state index in [0.29, 0.717) is 30.6 Å². The molecule has 0 aliphatic carbocycles. The number of hydrogen-bond donors (Lipinski definition) is 1. The summed E-state index contributed by atoms with van der Waals surface area (Å²) in [6.45, 7) is 4.33. The van der Waals surface area contributed by atoms with Crippen molar-refractivity contribution < 1.29 is 9.84 Å². The van der Waals surface area contributed by atoms with Crippen LogP contribution in [0.25, 0.3) is 11.0 Å². The van der Waals surface area contributed by atoms with Crippen molar-refractivity contribution in [1.82, 2.24) is 14.1 Å². The first kappa shape index (κ1) is 18.6. The lowest BCUT2D eigenvalue weighted by molar-refractivity contribution is -0.0411. The number of hydrogen-bond acceptors (Lipinski definition) is 5. The normalized spacial score (nSPS) is 15.5. The van der Waals surface area contributed by atoms with Crippen LogP contribution in [0.3, 0.4) is 0 Å². The van der Waals surface area contributed by atoms with Gasteiger partial charge in [-0.1, -0.05) is 30.3 Å². The second-order valence-electron chi connectivity index (χ2n) is 7.73. The molecule has 0 spiro atoms. The average molecular weight is 381 g/mol. The van der Waals surface area contributed by atoms with E-state index in [1.54, 1.807) is 6.07 Å². The highest BCUT2D eigenvalue weighted by Gasteiger charge is 2.28. The monoisotopic (exact) mass is 381 g/mol. The second kappa shape index (κ2) is 7.00. The van der Waals surface area contributed by atoms with Crippen molar-refractivity contribution in [2.75, 3.05) is 6.61 Å². The molecule has 2 aromatic heterocycles. The summed E-state index contributed by atoms with van der Waals surface area (Å²) in [6.07, 6.45) is 0.609. The summed E-state index contributed by atoms with van der Waals surface area (Å²) in [5.74, 6) is 0. The second-order valence-corrected chi connectivity index (χ2v) is 7.73. The Labute approximate surface area is 161 Å². The molecule has 3 aromatic rings. The highest BCUT2D eigenvalue weighted by atomic mass is 16.5. The Bertz CT molecular complexity index is 1150. The van der Waals surface area contributed by atoms with Gasteiger partial charge in [-0.2, -0.15) is 0 Å². The predicted octanol–water partition coefficient (Wildman–Crippen LogP) is 1.45. The van der Waals surface area contributed by atoms with E-state index in [4.69, 9.17) is 9.72 Å². The molecular weight excluding hydrogens is 358 g/mol. The molecule has 4 rings (SSSR count). The van der Waals surface area contributed by atoms with E-state index in [1.165, 1.54) is 4.57 Å². The first-order chi connectivity index (χ1) is 13.4. The molecule has 7 heteroatoms. The van der Waals surface area contributed by atoms with Gasteiger partial charge in [-0.05, 0) is 25.5 Å². The third-order valence-corrected chi connectivity index (χ3v) is 5.08. The number of aromatic nitrogens is 3. The first-order valence-corrected chi connectivity index (χ1v) is 9.34. The van der Waals surface area contributed by atoms with Gasteiger partial charge in [0.15, 0.2) is 0 Å². The van der Waals surface area contributed by atoms with Crippen LogP contribution in [0.2, 0.25) is 0 Å². The minimum Gasteiger partial charge on any atom is -0.395 e. The van der Waals surface area contributed by atoms with Crippen molar-refractivity contribution in [3.8, 4) is 0 Å². The van der Waals surface area contributed by atoms with E-state index in [-0.39, 0.29) is 18.8 Å². The SMILES string of the molecule is CC1(C)Cc2nc3c(cc2CO1)c(=O)n(CCO)c(=O)n3Cc1ccccc1. The van der Waals surface area contributed by atoms with Gasteiger partial charge >= 0.3 is 5.69 Å². The minimum absolute atomic E-state index is 0.0526. The van der Waals surface area contributed by atoms with Crippen LogP contribution in [0.4, 0.5) is 0 Å². The number of pyridine rings is 1. The van der Waals surface area contributed by atoms with Crippen molar-refractivity contribution in [3.05, 3.63) is 74.1 Å². The summed E-state index contributed by atoms with van der Waals surface area (Å²) in [5.41, 5.74) is 1.79. The van der Waals surface area contributed by atoms with Gasteiger partial charge in [-0.15, -0.1) is 0 Å². The van der Waals surface area contributed by atoms with Crippen LogP contribution in [-0.4, -0.2) is 31.4 Å². The van der Waals surface area contributed by atoms with Gasteiger partial charge in [0.05, 0.1) is 43.0 Å². The van der Waals surface area contributed by atoms with Crippen molar-refractivity contribution in [3.63, 3.8) is 0 Å². The van der Waals surface area contributed by atoms with Gasteiger partial charge in [0.2, 0.25) is 0 Å². The summed E-state index contributed by atoms with van der Waals surface area (Å²) >= 11 is 0. The highest BCUT2D eigenvalue weighted by Crippen LogP contribution is 2.28. The third-order valence-electron chi connectivity index (χ3n) is 5.08. The number of nitrogens with zero attached hydrogens (tertiary/aromatic N) is 3. The van der Waals surface area contributed by atoms with E-state index in [0.717, 1.165) is 21.4 Å². The third kappa shape index (κ3) is 3.27. The van der Waals surface area contributed by atoms with Gasteiger partial charge in [0.1, 0.15) is 5.65 Å². The van der Waals surface area contributed by atoms with Crippen LogP contribution >= 0.6 is 0 Å². The molecule has 1 aliphatic rings. The van der Waals surface area contributed by atoms with Crippen molar-refractivity contribution in [1.29, 1.82) is 0 Å². The molecule has 7 nitrogen and oxygen atoms in total. The number of rotatable bonds is 4. The van der Waals surface area contributed by atoms with Gasteiger partial charge in [0.25, 0.3) is 5.56 Å². The molecule has 0 unspecified atom stereocenters. The standard InChI is InChI=1S/C21H23N3O4/c1-21(2)11-17-15(13-28-21)10-16-18(22-17)24(12-14-6-4-3-5-7-14)20(27)23(8-9-25)19(16)26/h3-7,10,25H,8-9,11-13H2,1-2H3. The van der Waals surface area contributed by atoms with Crippen LogP contribution in [-0.2, 0) is 30.9 Å². The molecule has 0 atom stereocenters. The minimum atomic E-state index is -0.464. The molecule has 0 saturated heterocycles. The van der Waals surface area contributed by atoms with Crippen LogP contribution in [0.1, 0.15) is 30.7 Å².